The monoisotopic (exact) mass is 258 g/mol. The first-order valence-electron chi connectivity index (χ1n) is 6.57. The predicted octanol–water partition coefficient (Wildman–Crippen LogP) is 3.19. The van der Waals surface area contributed by atoms with Crippen molar-refractivity contribution in [2.24, 2.45) is 0 Å². The van der Waals surface area contributed by atoms with Gasteiger partial charge < -0.3 is 9.84 Å². The summed E-state index contributed by atoms with van der Waals surface area (Å²) in [5.41, 5.74) is 0.611. The van der Waals surface area contributed by atoms with Crippen LogP contribution in [0.1, 0.15) is 29.6 Å². The van der Waals surface area contributed by atoms with Gasteiger partial charge in [0.2, 0.25) is 0 Å². The average molecular weight is 258 g/mol. The summed E-state index contributed by atoms with van der Waals surface area (Å²) in [6.45, 7) is 0.786. The normalized spacial score (nSPS) is 10.6. The Kier molecular flexibility index (Phi) is 4.93. The molecule has 0 fully saturated rings. The largest absolute Gasteiger partial charge is 0.493 e. The summed E-state index contributed by atoms with van der Waals surface area (Å²) in [4.78, 5) is 11.3. The van der Waals surface area contributed by atoms with Gasteiger partial charge in [0.1, 0.15) is 5.75 Å². The zero-order valence-corrected chi connectivity index (χ0v) is 10.8. The van der Waals surface area contributed by atoms with Crippen LogP contribution in [0.2, 0.25) is 0 Å². The fraction of sp³-hybridized carbons (Fsp3) is 0.312. The fourth-order valence-electron chi connectivity index (χ4n) is 2.10. The maximum Gasteiger partial charge on any atom is 0.154 e. The molecule has 100 valence electrons. The van der Waals surface area contributed by atoms with Gasteiger partial charge in [0, 0.05) is 6.61 Å². The number of aliphatic hydroxyl groups excluding tert-OH is 1. The third-order valence-electron chi connectivity index (χ3n) is 3.11. The van der Waals surface area contributed by atoms with Gasteiger partial charge >= 0.3 is 0 Å². The number of aliphatic hydroxyl groups is 1. The summed E-state index contributed by atoms with van der Waals surface area (Å²) in [5.74, 6) is 0.637. The second-order valence-corrected chi connectivity index (χ2v) is 4.45. The summed E-state index contributed by atoms with van der Waals surface area (Å²) in [6, 6.07) is 11.6. The van der Waals surface area contributed by atoms with Gasteiger partial charge in [0.15, 0.2) is 6.29 Å². The summed E-state index contributed by atoms with van der Waals surface area (Å²) >= 11 is 0. The highest BCUT2D eigenvalue weighted by atomic mass is 16.5. The lowest BCUT2D eigenvalue weighted by Crippen LogP contribution is -2.01. The summed E-state index contributed by atoms with van der Waals surface area (Å²) in [7, 11) is 0. The Morgan fingerprint density at radius 2 is 1.89 bits per heavy atom. The number of carbonyl (C=O) groups is 1. The SMILES string of the molecule is O=Cc1c(OCCCCCO)ccc2ccccc12. The molecular formula is C16H18O3. The van der Waals surface area contributed by atoms with Gasteiger partial charge in [-0.05, 0) is 36.1 Å². The number of hydrogen-bond acceptors (Lipinski definition) is 3. The molecule has 19 heavy (non-hydrogen) atoms. The molecule has 0 amide bonds. The Labute approximate surface area is 112 Å². The minimum Gasteiger partial charge on any atom is -0.493 e. The molecule has 0 atom stereocenters. The molecule has 3 heteroatoms. The summed E-state index contributed by atoms with van der Waals surface area (Å²) < 4.78 is 5.67. The second kappa shape index (κ2) is 6.90. The van der Waals surface area contributed by atoms with Crippen LogP contribution in [-0.2, 0) is 0 Å². The summed E-state index contributed by atoms with van der Waals surface area (Å²) in [6.07, 6.45) is 3.46. The standard InChI is InChI=1S/C16H18O3/c17-10-4-1-5-11-19-16-9-8-13-6-2-3-7-14(13)15(16)12-18/h2-3,6-9,12,17H,1,4-5,10-11H2. The maximum atomic E-state index is 11.3. The van der Waals surface area contributed by atoms with Crippen LogP contribution in [0.15, 0.2) is 36.4 Å². The van der Waals surface area contributed by atoms with Crippen LogP contribution in [-0.4, -0.2) is 24.6 Å². The first-order valence-corrected chi connectivity index (χ1v) is 6.57. The third-order valence-corrected chi connectivity index (χ3v) is 3.11. The van der Waals surface area contributed by atoms with Crippen molar-refractivity contribution >= 4 is 17.1 Å². The van der Waals surface area contributed by atoms with Gasteiger partial charge in [-0.15, -0.1) is 0 Å². The number of fused-ring (bicyclic) bond motifs is 1. The van der Waals surface area contributed by atoms with E-state index in [9.17, 15) is 4.79 Å². The highest BCUT2D eigenvalue weighted by molar-refractivity contribution is 6.00. The number of rotatable bonds is 7. The van der Waals surface area contributed by atoms with Crippen molar-refractivity contribution in [1.29, 1.82) is 0 Å². The molecule has 0 aliphatic carbocycles. The van der Waals surface area contributed by atoms with E-state index in [1.54, 1.807) is 0 Å². The van der Waals surface area contributed by atoms with Crippen molar-refractivity contribution in [3.63, 3.8) is 0 Å². The van der Waals surface area contributed by atoms with Crippen LogP contribution in [0.5, 0.6) is 5.75 Å². The number of ether oxygens (including phenoxy) is 1. The smallest absolute Gasteiger partial charge is 0.154 e. The van der Waals surface area contributed by atoms with Gasteiger partial charge in [0.25, 0.3) is 0 Å². The van der Waals surface area contributed by atoms with Gasteiger partial charge in [-0.3, -0.25) is 4.79 Å². The van der Waals surface area contributed by atoms with E-state index >= 15 is 0 Å². The van der Waals surface area contributed by atoms with E-state index in [0.717, 1.165) is 36.3 Å². The van der Waals surface area contributed by atoms with E-state index in [1.165, 1.54) is 0 Å². The first kappa shape index (κ1) is 13.6. The molecule has 0 bridgehead atoms. The summed E-state index contributed by atoms with van der Waals surface area (Å²) in [5, 5.41) is 10.7. The minimum atomic E-state index is 0.218. The maximum absolute atomic E-state index is 11.3. The molecule has 2 aromatic rings. The van der Waals surface area contributed by atoms with E-state index < -0.39 is 0 Å². The molecule has 0 spiro atoms. The Balaban J connectivity index is 2.12. The average Bonchev–Trinajstić information content (AvgIpc) is 2.46. The molecule has 0 aliphatic rings. The lowest BCUT2D eigenvalue weighted by atomic mass is 10.0. The van der Waals surface area contributed by atoms with Crippen LogP contribution >= 0.6 is 0 Å². The third kappa shape index (κ3) is 3.32. The molecule has 3 nitrogen and oxygen atoms in total. The topological polar surface area (TPSA) is 46.5 Å². The Morgan fingerprint density at radius 3 is 2.68 bits per heavy atom. The van der Waals surface area contributed by atoms with Crippen molar-refractivity contribution < 1.29 is 14.6 Å². The Bertz CT molecular complexity index is 549. The molecule has 0 heterocycles. The van der Waals surface area contributed by atoms with E-state index in [0.29, 0.717) is 17.9 Å². The van der Waals surface area contributed by atoms with Gasteiger partial charge in [-0.25, -0.2) is 0 Å². The number of benzene rings is 2. The number of hydrogen-bond donors (Lipinski definition) is 1. The van der Waals surface area contributed by atoms with Crippen molar-refractivity contribution in [1.82, 2.24) is 0 Å². The van der Waals surface area contributed by atoms with Crippen LogP contribution in [0.3, 0.4) is 0 Å². The van der Waals surface area contributed by atoms with Gasteiger partial charge in [0.05, 0.1) is 12.2 Å². The molecule has 2 rings (SSSR count). The molecule has 0 unspecified atom stereocenters. The number of unbranched alkanes of at least 4 members (excludes halogenated alkanes) is 2. The molecule has 0 saturated carbocycles. The molecular weight excluding hydrogens is 240 g/mol. The van der Waals surface area contributed by atoms with Crippen molar-refractivity contribution in [3.8, 4) is 5.75 Å². The quantitative estimate of drug-likeness (QED) is 0.613. The second-order valence-electron chi connectivity index (χ2n) is 4.45. The molecule has 0 saturated heterocycles. The number of carbonyl (C=O) groups excluding carboxylic acids is 1. The molecule has 0 aliphatic heterocycles. The minimum absolute atomic E-state index is 0.218. The van der Waals surface area contributed by atoms with Crippen LogP contribution < -0.4 is 4.74 Å². The van der Waals surface area contributed by atoms with Crippen LogP contribution in [0.25, 0.3) is 10.8 Å². The zero-order chi connectivity index (χ0) is 13.5. The number of aldehydes is 1. The van der Waals surface area contributed by atoms with E-state index in [2.05, 4.69) is 0 Å². The highest BCUT2D eigenvalue weighted by Gasteiger charge is 2.07. The van der Waals surface area contributed by atoms with Gasteiger partial charge in [-0.2, -0.15) is 0 Å². The molecule has 0 radical (unpaired) electrons. The Morgan fingerprint density at radius 1 is 1.05 bits per heavy atom. The Hall–Kier alpha value is -1.87. The van der Waals surface area contributed by atoms with E-state index in [-0.39, 0.29) is 6.61 Å². The molecule has 1 N–H and O–H groups in total. The van der Waals surface area contributed by atoms with Crippen LogP contribution in [0, 0.1) is 0 Å². The lowest BCUT2D eigenvalue weighted by molar-refractivity contribution is 0.112. The van der Waals surface area contributed by atoms with Gasteiger partial charge in [-0.1, -0.05) is 30.3 Å². The van der Waals surface area contributed by atoms with E-state index in [1.807, 2.05) is 36.4 Å². The fourth-order valence-corrected chi connectivity index (χ4v) is 2.10. The molecule has 2 aromatic carbocycles. The van der Waals surface area contributed by atoms with Crippen molar-refractivity contribution in [2.75, 3.05) is 13.2 Å². The predicted molar refractivity (Wildman–Crippen MR) is 75.8 cm³/mol. The van der Waals surface area contributed by atoms with Crippen molar-refractivity contribution in [3.05, 3.63) is 42.0 Å². The first-order chi connectivity index (χ1) is 9.36. The highest BCUT2D eigenvalue weighted by Crippen LogP contribution is 2.26. The van der Waals surface area contributed by atoms with Crippen LogP contribution in [0.4, 0.5) is 0 Å². The van der Waals surface area contributed by atoms with Crippen molar-refractivity contribution in [2.45, 2.75) is 19.3 Å². The molecule has 0 aromatic heterocycles. The van der Waals surface area contributed by atoms with E-state index in [4.69, 9.17) is 9.84 Å². The lowest BCUT2D eigenvalue weighted by Gasteiger charge is -2.10. The zero-order valence-electron chi connectivity index (χ0n) is 10.8.